The Morgan fingerprint density at radius 1 is 1.44 bits per heavy atom. The number of halogens is 2. The monoisotopic (exact) mass is 362 g/mol. The first-order valence-electron chi connectivity index (χ1n) is 5.98. The summed E-state index contributed by atoms with van der Waals surface area (Å²) in [6.45, 7) is 3.72. The van der Waals surface area contributed by atoms with Crippen LogP contribution in [0.5, 0.6) is 0 Å². The average molecular weight is 362 g/mol. The predicted molar refractivity (Wildman–Crippen MR) is 78.0 cm³/mol. The minimum Gasteiger partial charge on any atom is -0.325 e. The van der Waals surface area contributed by atoms with E-state index >= 15 is 0 Å². The molecule has 0 atom stereocenters. The van der Waals surface area contributed by atoms with E-state index in [2.05, 4.69) is 10.6 Å². The van der Waals surface area contributed by atoms with E-state index in [1.165, 1.54) is 12.1 Å². The first-order chi connectivity index (χ1) is 8.51. The van der Waals surface area contributed by atoms with Crippen LogP contribution in [0.25, 0.3) is 0 Å². The zero-order valence-electron chi connectivity index (χ0n) is 10.2. The number of rotatable bonds is 2. The van der Waals surface area contributed by atoms with E-state index in [1.807, 2.05) is 29.5 Å². The molecule has 1 amide bonds. The second-order valence-electron chi connectivity index (χ2n) is 4.89. The van der Waals surface area contributed by atoms with Gasteiger partial charge in [0.2, 0.25) is 5.91 Å². The van der Waals surface area contributed by atoms with Gasteiger partial charge in [0.25, 0.3) is 0 Å². The summed E-state index contributed by atoms with van der Waals surface area (Å²) in [6, 6.07) is 4.39. The molecule has 0 bridgehead atoms. The molecule has 1 aromatic carbocycles. The van der Waals surface area contributed by atoms with Crippen molar-refractivity contribution in [2.24, 2.45) is 5.41 Å². The fraction of sp³-hybridized carbons (Fsp3) is 0.462. The van der Waals surface area contributed by atoms with Gasteiger partial charge in [-0.25, -0.2) is 4.39 Å². The molecule has 1 saturated heterocycles. The van der Waals surface area contributed by atoms with Crippen LogP contribution in [-0.2, 0) is 4.79 Å². The highest BCUT2D eigenvalue weighted by atomic mass is 127. The largest absolute Gasteiger partial charge is 0.325 e. The smallest absolute Gasteiger partial charge is 0.230 e. The molecule has 98 valence electrons. The van der Waals surface area contributed by atoms with Gasteiger partial charge in [0.15, 0.2) is 0 Å². The van der Waals surface area contributed by atoms with Crippen LogP contribution in [-0.4, -0.2) is 19.0 Å². The van der Waals surface area contributed by atoms with E-state index in [0.29, 0.717) is 5.69 Å². The fourth-order valence-electron chi connectivity index (χ4n) is 2.07. The lowest BCUT2D eigenvalue weighted by Gasteiger charge is -2.32. The normalized spacial score (nSPS) is 18.4. The molecule has 0 unspecified atom stereocenters. The van der Waals surface area contributed by atoms with Gasteiger partial charge in [-0.05, 0) is 66.7 Å². The minimum atomic E-state index is -0.331. The minimum absolute atomic E-state index is 0.0218. The molecule has 1 aromatic rings. The number of nitrogens with one attached hydrogen (secondary N) is 2. The topological polar surface area (TPSA) is 41.1 Å². The summed E-state index contributed by atoms with van der Waals surface area (Å²) in [6.07, 6.45) is 1.66. The van der Waals surface area contributed by atoms with E-state index < -0.39 is 0 Å². The van der Waals surface area contributed by atoms with Crippen molar-refractivity contribution in [3.63, 3.8) is 0 Å². The summed E-state index contributed by atoms with van der Waals surface area (Å²) in [5, 5.41) is 6.15. The molecule has 5 heteroatoms. The molecular formula is C13H16FIN2O. The number of amides is 1. The zero-order chi connectivity index (χ0) is 13.2. The molecule has 1 heterocycles. The Morgan fingerprint density at radius 2 is 2.11 bits per heavy atom. The number of hydrogen-bond acceptors (Lipinski definition) is 2. The van der Waals surface area contributed by atoms with Crippen LogP contribution >= 0.6 is 22.6 Å². The maximum Gasteiger partial charge on any atom is 0.230 e. The maximum atomic E-state index is 13.0. The lowest BCUT2D eigenvalue weighted by atomic mass is 9.80. The molecule has 0 spiro atoms. The highest BCUT2D eigenvalue weighted by molar-refractivity contribution is 14.1. The summed E-state index contributed by atoms with van der Waals surface area (Å²) in [4.78, 5) is 12.3. The number of hydrogen-bond donors (Lipinski definition) is 2. The molecule has 0 aliphatic carbocycles. The quantitative estimate of drug-likeness (QED) is 0.795. The summed E-state index contributed by atoms with van der Waals surface area (Å²) in [5.74, 6) is -0.265. The van der Waals surface area contributed by atoms with Gasteiger partial charge in [-0.3, -0.25) is 4.79 Å². The Labute approximate surface area is 120 Å². The number of piperidine rings is 1. The lowest BCUT2D eigenvalue weighted by Crippen LogP contribution is -2.42. The zero-order valence-corrected chi connectivity index (χ0v) is 12.4. The molecule has 0 aromatic heterocycles. The van der Waals surface area contributed by atoms with Gasteiger partial charge < -0.3 is 10.6 Å². The van der Waals surface area contributed by atoms with Gasteiger partial charge in [0.1, 0.15) is 5.82 Å². The van der Waals surface area contributed by atoms with Crippen LogP contribution in [0.3, 0.4) is 0 Å². The molecule has 2 N–H and O–H groups in total. The van der Waals surface area contributed by atoms with Crippen molar-refractivity contribution in [3.8, 4) is 0 Å². The Kier molecular flexibility index (Phi) is 4.21. The second-order valence-corrected chi connectivity index (χ2v) is 6.05. The van der Waals surface area contributed by atoms with E-state index in [-0.39, 0.29) is 17.1 Å². The summed E-state index contributed by atoms with van der Waals surface area (Å²) >= 11 is 2.03. The van der Waals surface area contributed by atoms with Gasteiger partial charge in [-0.2, -0.15) is 0 Å². The Balaban J connectivity index is 2.11. The molecule has 18 heavy (non-hydrogen) atoms. The number of carbonyl (C=O) groups is 1. The SMILES string of the molecule is CC1(C(=O)Nc2ccc(F)cc2I)CCNCC1. The van der Waals surface area contributed by atoms with Crippen molar-refractivity contribution >= 4 is 34.2 Å². The van der Waals surface area contributed by atoms with Crippen LogP contribution in [0.1, 0.15) is 19.8 Å². The molecule has 0 saturated carbocycles. The van der Waals surface area contributed by atoms with E-state index in [9.17, 15) is 9.18 Å². The molecule has 2 rings (SSSR count). The first kappa shape index (κ1) is 13.7. The van der Waals surface area contributed by atoms with Gasteiger partial charge in [0.05, 0.1) is 5.69 Å². The third kappa shape index (κ3) is 3.00. The average Bonchev–Trinajstić information content (AvgIpc) is 2.33. The summed E-state index contributed by atoms with van der Waals surface area (Å²) in [7, 11) is 0. The summed E-state index contributed by atoms with van der Waals surface area (Å²) in [5.41, 5.74) is 0.352. The van der Waals surface area contributed by atoms with Crippen LogP contribution in [0.2, 0.25) is 0 Å². The molecule has 1 aliphatic rings. The molecule has 3 nitrogen and oxygen atoms in total. The third-order valence-electron chi connectivity index (χ3n) is 3.43. The maximum absolute atomic E-state index is 13.0. The van der Waals surface area contributed by atoms with Gasteiger partial charge in [0, 0.05) is 8.99 Å². The van der Waals surface area contributed by atoms with Crippen LogP contribution in [0, 0.1) is 14.8 Å². The van der Waals surface area contributed by atoms with Crippen molar-refractivity contribution in [3.05, 3.63) is 27.6 Å². The van der Waals surface area contributed by atoms with Gasteiger partial charge in [-0.1, -0.05) is 6.92 Å². The van der Waals surface area contributed by atoms with Crippen molar-refractivity contribution in [1.29, 1.82) is 0 Å². The van der Waals surface area contributed by atoms with Crippen LogP contribution in [0.15, 0.2) is 18.2 Å². The Morgan fingerprint density at radius 3 is 2.72 bits per heavy atom. The van der Waals surface area contributed by atoms with Crippen molar-refractivity contribution in [2.45, 2.75) is 19.8 Å². The third-order valence-corrected chi connectivity index (χ3v) is 4.33. The molecule has 0 radical (unpaired) electrons. The lowest BCUT2D eigenvalue weighted by molar-refractivity contribution is -0.126. The molecule has 1 fully saturated rings. The van der Waals surface area contributed by atoms with E-state index in [4.69, 9.17) is 0 Å². The van der Waals surface area contributed by atoms with Crippen molar-refractivity contribution < 1.29 is 9.18 Å². The Hall–Kier alpha value is -0.690. The first-order valence-corrected chi connectivity index (χ1v) is 7.06. The standard InChI is InChI=1S/C13H16FIN2O/c1-13(4-6-16-7-5-13)12(18)17-11-3-2-9(14)8-10(11)15/h2-3,8,16H,4-7H2,1H3,(H,17,18). The Bertz CT molecular complexity index is 458. The van der Waals surface area contributed by atoms with E-state index in [1.54, 1.807) is 6.07 Å². The molecule has 1 aliphatic heterocycles. The number of carbonyl (C=O) groups excluding carboxylic acids is 1. The molecular weight excluding hydrogens is 346 g/mol. The van der Waals surface area contributed by atoms with E-state index in [0.717, 1.165) is 29.5 Å². The van der Waals surface area contributed by atoms with Crippen LogP contribution < -0.4 is 10.6 Å². The fourth-order valence-corrected chi connectivity index (χ4v) is 2.68. The number of benzene rings is 1. The number of anilines is 1. The van der Waals surface area contributed by atoms with Gasteiger partial charge in [-0.15, -0.1) is 0 Å². The highest BCUT2D eigenvalue weighted by Gasteiger charge is 2.34. The van der Waals surface area contributed by atoms with Gasteiger partial charge >= 0.3 is 0 Å². The van der Waals surface area contributed by atoms with Crippen molar-refractivity contribution in [1.82, 2.24) is 5.32 Å². The van der Waals surface area contributed by atoms with Crippen molar-refractivity contribution in [2.75, 3.05) is 18.4 Å². The van der Waals surface area contributed by atoms with Crippen LogP contribution in [0.4, 0.5) is 10.1 Å². The summed E-state index contributed by atoms with van der Waals surface area (Å²) < 4.78 is 13.7. The highest BCUT2D eigenvalue weighted by Crippen LogP contribution is 2.30. The second kappa shape index (κ2) is 5.52. The predicted octanol–water partition coefficient (Wildman–Crippen LogP) is 2.76.